The van der Waals surface area contributed by atoms with Crippen LogP contribution in [0, 0.1) is 6.92 Å². The van der Waals surface area contributed by atoms with E-state index in [4.69, 9.17) is 10.5 Å². The molecule has 106 valence electrons. The summed E-state index contributed by atoms with van der Waals surface area (Å²) >= 11 is 0. The van der Waals surface area contributed by atoms with Crippen molar-refractivity contribution in [1.82, 2.24) is 15.2 Å². The monoisotopic (exact) mass is 276 g/mol. The maximum absolute atomic E-state index is 12.2. The van der Waals surface area contributed by atoms with Crippen LogP contribution >= 0.6 is 0 Å². The van der Waals surface area contributed by atoms with Gasteiger partial charge in [-0.2, -0.15) is 0 Å². The van der Waals surface area contributed by atoms with E-state index in [0.29, 0.717) is 6.54 Å². The van der Waals surface area contributed by atoms with Crippen LogP contribution in [0.5, 0.6) is 5.75 Å². The molecule has 1 amide bonds. The highest BCUT2D eigenvalue weighted by Crippen LogP contribution is 2.21. The van der Waals surface area contributed by atoms with E-state index < -0.39 is 0 Å². The number of amides is 1. The first kappa shape index (κ1) is 13.9. The zero-order chi connectivity index (χ0) is 14.7. The van der Waals surface area contributed by atoms with Crippen molar-refractivity contribution >= 4 is 11.7 Å². The lowest BCUT2D eigenvalue weighted by atomic mass is 10.1. The highest BCUT2D eigenvalue weighted by Gasteiger charge is 2.21. The number of aryl methyl sites for hydroxylation is 1. The van der Waals surface area contributed by atoms with E-state index in [9.17, 15) is 4.79 Å². The predicted molar refractivity (Wildman–Crippen MR) is 72.2 cm³/mol. The van der Waals surface area contributed by atoms with Gasteiger partial charge in [-0.1, -0.05) is 17.7 Å². The number of benzene rings is 1. The van der Waals surface area contributed by atoms with Crippen molar-refractivity contribution in [2.45, 2.75) is 13.5 Å². The first-order chi connectivity index (χ1) is 9.52. The Morgan fingerprint density at radius 3 is 2.80 bits per heavy atom. The highest BCUT2D eigenvalue weighted by atomic mass is 16.6. The standard InChI is InChI=1S/C13H16N4O3/c1-8-4-5-10(19-3)9(6-8)7-17(2)13(18)11-12(14)16-20-15-11/h4-6H,7H2,1-3H3,(H2,14,16). The minimum atomic E-state index is -0.354. The van der Waals surface area contributed by atoms with Crippen molar-refractivity contribution in [3.8, 4) is 5.75 Å². The summed E-state index contributed by atoms with van der Waals surface area (Å²) in [6.07, 6.45) is 0. The number of carbonyl (C=O) groups excluding carboxylic acids is 1. The van der Waals surface area contributed by atoms with Crippen molar-refractivity contribution in [3.05, 3.63) is 35.0 Å². The number of nitrogens with two attached hydrogens (primary N) is 1. The summed E-state index contributed by atoms with van der Waals surface area (Å²) in [7, 11) is 3.24. The fourth-order valence-corrected chi connectivity index (χ4v) is 1.88. The van der Waals surface area contributed by atoms with Gasteiger partial charge >= 0.3 is 0 Å². The van der Waals surface area contributed by atoms with E-state index >= 15 is 0 Å². The number of methoxy groups -OCH3 is 1. The maximum atomic E-state index is 12.2. The molecule has 0 saturated carbocycles. The first-order valence-corrected chi connectivity index (χ1v) is 6.00. The number of aromatic nitrogens is 2. The average molecular weight is 276 g/mol. The van der Waals surface area contributed by atoms with E-state index in [2.05, 4.69) is 14.9 Å². The number of hydrogen-bond donors (Lipinski definition) is 1. The fourth-order valence-electron chi connectivity index (χ4n) is 1.88. The number of hydrogen-bond acceptors (Lipinski definition) is 6. The Hall–Kier alpha value is -2.57. The maximum Gasteiger partial charge on any atom is 0.280 e. The van der Waals surface area contributed by atoms with Crippen LogP contribution < -0.4 is 10.5 Å². The first-order valence-electron chi connectivity index (χ1n) is 6.00. The Morgan fingerprint density at radius 1 is 1.45 bits per heavy atom. The molecule has 1 aromatic carbocycles. The van der Waals surface area contributed by atoms with Crippen molar-refractivity contribution in [3.63, 3.8) is 0 Å². The summed E-state index contributed by atoms with van der Waals surface area (Å²) in [4.78, 5) is 13.6. The lowest BCUT2D eigenvalue weighted by molar-refractivity contribution is 0.0774. The second-order valence-corrected chi connectivity index (χ2v) is 4.47. The molecule has 7 nitrogen and oxygen atoms in total. The lowest BCUT2D eigenvalue weighted by Crippen LogP contribution is -2.27. The van der Waals surface area contributed by atoms with Gasteiger partial charge in [-0.25, -0.2) is 4.63 Å². The van der Waals surface area contributed by atoms with Crippen LogP contribution in [0.2, 0.25) is 0 Å². The van der Waals surface area contributed by atoms with Gasteiger partial charge in [0.2, 0.25) is 11.5 Å². The van der Waals surface area contributed by atoms with Crippen LogP contribution in [0.4, 0.5) is 5.82 Å². The number of carbonyl (C=O) groups is 1. The largest absolute Gasteiger partial charge is 0.496 e. The summed E-state index contributed by atoms with van der Waals surface area (Å²) in [5.74, 6) is 0.354. The molecule has 0 bridgehead atoms. The molecule has 0 spiro atoms. The number of rotatable bonds is 4. The second-order valence-electron chi connectivity index (χ2n) is 4.47. The van der Waals surface area contributed by atoms with Gasteiger partial charge in [0.05, 0.1) is 7.11 Å². The van der Waals surface area contributed by atoms with Crippen LogP contribution in [0.3, 0.4) is 0 Å². The Kier molecular flexibility index (Phi) is 3.88. The van der Waals surface area contributed by atoms with E-state index in [1.54, 1.807) is 14.2 Å². The van der Waals surface area contributed by atoms with Crippen LogP contribution in [-0.4, -0.2) is 35.3 Å². The molecule has 2 aromatic rings. The third kappa shape index (κ3) is 2.71. The van der Waals surface area contributed by atoms with Gasteiger partial charge in [-0.05, 0) is 23.3 Å². The summed E-state index contributed by atoms with van der Waals surface area (Å²) in [6, 6.07) is 5.78. The average Bonchev–Trinajstić information content (AvgIpc) is 2.84. The second kappa shape index (κ2) is 5.60. The van der Waals surface area contributed by atoms with Crippen LogP contribution in [0.1, 0.15) is 21.6 Å². The SMILES string of the molecule is COc1ccc(C)cc1CN(C)C(=O)c1nonc1N. The van der Waals surface area contributed by atoms with Crippen molar-refractivity contribution in [2.75, 3.05) is 19.9 Å². The Balaban J connectivity index is 2.20. The van der Waals surface area contributed by atoms with Crippen LogP contribution in [0.15, 0.2) is 22.8 Å². The van der Waals surface area contributed by atoms with Gasteiger partial charge in [0.15, 0.2) is 0 Å². The molecule has 0 unspecified atom stereocenters. The quantitative estimate of drug-likeness (QED) is 0.902. The molecule has 0 aliphatic carbocycles. The summed E-state index contributed by atoms with van der Waals surface area (Å²) < 4.78 is 9.72. The summed E-state index contributed by atoms with van der Waals surface area (Å²) in [6.45, 7) is 2.35. The Morgan fingerprint density at radius 2 is 2.20 bits per heavy atom. The van der Waals surface area contributed by atoms with Crippen molar-refractivity contribution in [1.29, 1.82) is 0 Å². The predicted octanol–water partition coefficient (Wildman–Crippen LogP) is 1.24. The number of anilines is 1. The molecular formula is C13H16N4O3. The van der Waals surface area contributed by atoms with Crippen molar-refractivity contribution in [2.24, 2.45) is 0 Å². The van der Waals surface area contributed by atoms with Gasteiger partial charge < -0.3 is 15.4 Å². The van der Waals surface area contributed by atoms with E-state index in [-0.39, 0.29) is 17.4 Å². The van der Waals surface area contributed by atoms with Crippen molar-refractivity contribution < 1.29 is 14.2 Å². The fraction of sp³-hybridized carbons (Fsp3) is 0.308. The van der Waals surface area contributed by atoms with Gasteiger partial charge in [0, 0.05) is 19.2 Å². The molecule has 0 radical (unpaired) electrons. The normalized spacial score (nSPS) is 10.3. The van der Waals surface area contributed by atoms with E-state index in [1.165, 1.54) is 4.90 Å². The smallest absolute Gasteiger partial charge is 0.280 e. The van der Waals surface area contributed by atoms with Gasteiger partial charge in [0.25, 0.3) is 5.91 Å². The summed E-state index contributed by atoms with van der Waals surface area (Å²) in [5.41, 5.74) is 7.51. The molecule has 0 saturated heterocycles. The van der Waals surface area contributed by atoms with Crippen LogP contribution in [0.25, 0.3) is 0 Å². The molecule has 1 aromatic heterocycles. The Bertz CT molecular complexity index is 624. The highest BCUT2D eigenvalue weighted by molar-refractivity contribution is 5.95. The molecule has 0 fully saturated rings. The third-order valence-corrected chi connectivity index (χ3v) is 2.91. The zero-order valence-corrected chi connectivity index (χ0v) is 11.6. The minimum absolute atomic E-state index is 0.0131. The lowest BCUT2D eigenvalue weighted by Gasteiger charge is -2.18. The Labute approximate surface area is 116 Å². The van der Waals surface area contributed by atoms with Gasteiger partial charge in [-0.15, -0.1) is 0 Å². The number of nitrogen functional groups attached to an aromatic ring is 1. The molecule has 0 atom stereocenters. The molecule has 7 heteroatoms. The molecular weight excluding hydrogens is 260 g/mol. The van der Waals surface area contributed by atoms with Gasteiger partial charge in [0.1, 0.15) is 5.75 Å². The molecule has 1 heterocycles. The molecule has 2 N–H and O–H groups in total. The third-order valence-electron chi connectivity index (χ3n) is 2.91. The zero-order valence-electron chi connectivity index (χ0n) is 11.6. The number of nitrogens with zero attached hydrogens (tertiary/aromatic N) is 3. The minimum Gasteiger partial charge on any atom is -0.496 e. The van der Waals surface area contributed by atoms with E-state index in [0.717, 1.165) is 16.9 Å². The molecule has 2 rings (SSSR count). The molecule has 0 aliphatic heterocycles. The number of ether oxygens (including phenoxy) is 1. The van der Waals surface area contributed by atoms with Gasteiger partial charge in [-0.3, -0.25) is 4.79 Å². The molecule has 0 aliphatic rings. The molecule has 20 heavy (non-hydrogen) atoms. The van der Waals surface area contributed by atoms with E-state index in [1.807, 2.05) is 25.1 Å². The topological polar surface area (TPSA) is 94.5 Å². The summed E-state index contributed by atoms with van der Waals surface area (Å²) in [5, 5.41) is 6.90. The van der Waals surface area contributed by atoms with Crippen LogP contribution in [-0.2, 0) is 6.54 Å².